The van der Waals surface area contributed by atoms with Crippen LogP contribution in [0.3, 0.4) is 0 Å². The summed E-state index contributed by atoms with van der Waals surface area (Å²) in [7, 11) is 0. The summed E-state index contributed by atoms with van der Waals surface area (Å²) in [5.41, 5.74) is 8.60. The van der Waals surface area contributed by atoms with Gasteiger partial charge in [-0.3, -0.25) is 4.79 Å². The lowest BCUT2D eigenvalue weighted by Gasteiger charge is -2.31. The van der Waals surface area contributed by atoms with Crippen LogP contribution in [0.2, 0.25) is 5.02 Å². The lowest BCUT2D eigenvalue weighted by molar-refractivity contribution is -0.123. The molecule has 168 valence electrons. The largest absolute Gasteiger partial charge is 0.360 e. The van der Waals surface area contributed by atoms with E-state index in [-0.39, 0.29) is 30.1 Å². The number of anilines is 1. The molecule has 2 aliphatic rings. The molecule has 1 saturated carbocycles. The van der Waals surface area contributed by atoms with Gasteiger partial charge in [0.15, 0.2) is 0 Å². The third kappa shape index (κ3) is 4.44. The van der Waals surface area contributed by atoms with Crippen LogP contribution < -0.4 is 21.7 Å². The number of fused-ring (bicyclic) bond motifs is 1. The molecule has 0 spiro atoms. The molecule has 32 heavy (non-hydrogen) atoms. The number of carbonyl (C=O) groups excluding carboxylic acids is 1. The summed E-state index contributed by atoms with van der Waals surface area (Å²) in [5, 5.41) is 11.4. The molecule has 0 radical (unpaired) electrons. The molecule has 1 aliphatic heterocycles. The van der Waals surface area contributed by atoms with Crippen molar-refractivity contribution in [2.45, 2.75) is 56.3 Å². The van der Waals surface area contributed by atoms with Crippen LogP contribution in [0.15, 0.2) is 36.7 Å². The van der Waals surface area contributed by atoms with E-state index in [2.05, 4.69) is 25.9 Å². The Morgan fingerprint density at radius 3 is 2.88 bits per heavy atom. The van der Waals surface area contributed by atoms with Crippen molar-refractivity contribution in [2.24, 2.45) is 5.73 Å². The third-order valence-corrected chi connectivity index (χ3v) is 6.70. The topological polar surface area (TPSA) is 121 Å². The number of nitrogens with one attached hydrogen (secondary N) is 4. The SMILES string of the molecule is NC1CNC(C(=O)NC2CCCC(Nc3ncc(Cl)c(-c4c[nH]c5ccccc45)n3)C2)C1. The number of hydrogen-bond donors (Lipinski definition) is 5. The van der Waals surface area contributed by atoms with Gasteiger partial charge in [0.2, 0.25) is 11.9 Å². The molecular formula is C23H28ClN7O. The van der Waals surface area contributed by atoms with Gasteiger partial charge >= 0.3 is 0 Å². The number of amides is 1. The molecule has 2 aromatic heterocycles. The number of carbonyl (C=O) groups is 1. The minimum Gasteiger partial charge on any atom is -0.360 e. The molecule has 1 aliphatic carbocycles. The van der Waals surface area contributed by atoms with Crippen LogP contribution in [0.25, 0.3) is 22.2 Å². The van der Waals surface area contributed by atoms with Gasteiger partial charge < -0.3 is 26.7 Å². The van der Waals surface area contributed by atoms with Gasteiger partial charge in [0.05, 0.1) is 23.0 Å². The smallest absolute Gasteiger partial charge is 0.237 e. The van der Waals surface area contributed by atoms with E-state index in [1.807, 2.05) is 30.5 Å². The van der Waals surface area contributed by atoms with Gasteiger partial charge in [-0.25, -0.2) is 9.97 Å². The van der Waals surface area contributed by atoms with Crippen LogP contribution in [0.1, 0.15) is 32.1 Å². The zero-order chi connectivity index (χ0) is 22.1. The zero-order valence-corrected chi connectivity index (χ0v) is 18.5. The number of nitrogens with two attached hydrogens (primary N) is 1. The Morgan fingerprint density at radius 1 is 1.19 bits per heavy atom. The Kier molecular flexibility index (Phi) is 5.99. The zero-order valence-electron chi connectivity index (χ0n) is 17.8. The van der Waals surface area contributed by atoms with Gasteiger partial charge in [0, 0.05) is 47.3 Å². The molecule has 9 heteroatoms. The number of nitrogens with zero attached hydrogens (tertiary/aromatic N) is 2. The lowest BCUT2D eigenvalue weighted by atomic mass is 9.90. The number of aromatic amines is 1. The maximum absolute atomic E-state index is 12.6. The van der Waals surface area contributed by atoms with Crippen molar-refractivity contribution in [3.8, 4) is 11.3 Å². The van der Waals surface area contributed by atoms with Crippen LogP contribution in [0.5, 0.6) is 0 Å². The number of rotatable bonds is 5. The monoisotopic (exact) mass is 453 g/mol. The number of H-pyrrole nitrogens is 1. The number of benzene rings is 1. The van der Waals surface area contributed by atoms with Gasteiger partial charge in [0.1, 0.15) is 0 Å². The standard InChI is InChI=1S/C23H28ClN7O/c24-18-12-28-23(31-21(18)17-11-27-19-7-2-1-6-16(17)19)30-15-5-3-4-14(9-15)29-22(32)20-8-13(25)10-26-20/h1-2,6-7,11-15,20,26-27H,3-5,8-10,25H2,(H,29,32)(H,28,30,31). The predicted molar refractivity (Wildman–Crippen MR) is 127 cm³/mol. The summed E-state index contributed by atoms with van der Waals surface area (Å²) in [6, 6.07) is 8.26. The molecular weight excluding hydrogens is 426 g/mol. The fourth-order valence-corrected chi connectivity index (χ4v) is 4.98. The molecule has 1 amide bonds. The fraction of sp³-hybridized carbons (Fsp3) is 0.435. The minimum atomic E-state index is -0.184. The summed E-state index contributed by atoms with van der Waals surface area (Å²) in [6.45, 7) is 0.694. The molecule has 1 saturated heterocycles. The second-order valence-electron chi connectivity index (χ2n) is 8.81. The summed E-state index contributed by atoms with van der Waals surface area (Å²) in [4.78, 5) is 25.0. The molecule has 0 bridgehead atoms. The first-order valence-electron chi connectivity index (χ1n) is 11.2. The number of para-hydroxylation sites is 1. The van der Waals surface area contributed by atoms with Crippen molar-refractivity contribution in [1.82, 2.24) is 25.6 Å². The second kappa shape index (κ2) is 9.05. The average Bonchev–Trinajstić information content (AvgIpc) is 3.42. The Morgan fingerprint density at radius 2 is 2.03 bits per heavy atom. The normalized spacial score (nSPS) is 25.7. The van der Waals surface area contributed by atoms with Crippen LogP contribution in [-0.4, -0.2) is 51.6 Å². The molecule has 2 fully saturated rings. The highest BCUT2D eigenvalue weighted by Gasteiger charge is 2.30. The first kappa shape index (κ1) is 21.2. The van der Waals surface area contributed by atoms with E-state index in [0.29, 0.717) is 29.6 Å². The quantitative estimate of drug-likeness (QED) is 0.405. The van der Waals surface area contributed by atoms with E-state index < -0.39 is 0 Å². The van der Waals surface area contributed by atoms with E-state index in [1.165, 1.54) is 0 Å². The van der Waals surface area contributed by atoms with Gasteiger partial charge in [-0.15, -0.1) is 0 Å². The molecule has 3 aromatic rings. The van der Waals surface area contributed by atoms with E-state index in [4.69, 9.17) is 22.3 Å². The highest BCUT2D eigenvalue weighted by molar-refractivity contribution is 6.33. The number of aromatic nitrogens is 3. The fourth-order valence-electron chi connectivity index (χ4n) is 4.79. The van der Waals surface area contributed by atoms with E-state index in [1.54, 1.807) is 6.20 Å². The van der Waals surface area contributed by atoms with Crippen molar-refractivity contribution in [2.75, 3.05) is 11.9 Å². The molecule has 3 heterocycles. The Labute approximate surface area is 191 Å². The molecule has 8 nitrogen and oxygen atoms in total. The Balaban J connectivity index is 1.27. The van der Waals surface area contributed by atoms with Gasteiger partial charge in [-0.1, -0.05) is 29.8 Å². The van der Waals surface area contributed by atoms with Crippen LogP contribution in [0.4, 0.5) is 5.95 Å². The Bertz CT molecular complexity index is 1120. The second-order valence-corrected chi connectivity index (χ2v) is 9.22. The molecule has 1 aromatic carbocycles. The van der Waals surface area contributed by atoms with Crippen molar-refractivity contribution in [1.29, 1.82) is 0 Å². The third-order valence-electron chi connectivity index (χ3n) is 6.42. The molecule has 6 N–H and O–H groups in total. The van der Waals surface area contributed by atoms with Gasteiger partial charge in [-0.2, -0.15) is 0 Å². The van der Waals surface area contributed by atoms with Crippen molar-refractivity contribution in [3.63, 3.8) is 0 Å². The van der Waals surface area contributed by atoms with E-state index in [9.17, 15) is 4.79 Å². The van der Waals surface area contributed by atoms with Crippen LogP contribution in [-0.2, 0) is 4.79 Å². The molecule has 4 unspecified atom stereocenters. The summed E-state index contributed by atoms with van der Waals surface area (Å²) in [6.07, 6.45) is 8.11. The van der Waals surface area contributed by atoms with E-state index in [0.717, 1.165) is 42.1 Å². The van der Waals surface area contributed by atoms with Gasteiger partial charge in [0.25, 0.3) is 0 Å². The molecule has 4 atom stereocenters. The highest BCUT2D eigenvalue weighted by atomic mass is 35.5. The lowest BCUT2D eigenvalue weighted by Crippen LogP contribution is -2.48. The maximum Gasteiger partial charge on any atom is 0.237 e. The van der Waals surface area contributed by atoms with Crippen molar-refractivity contribution >= 4 is 34.4 Å². The highest BCUT2D eigenvalue weighted by Crippen LogP contribution is 2.32. The minimum absolute atomic E-state index is 0.0490. The molecule has 5 rings (SSSR count). The first-order valence-corrected chi connectivity index (χ1v) is 11.6. The van der Waals surface area contributed by atoms with Crippen LogP contribution in [0, 0.1) is 0 Å². The summed E-state index contributed by atoms with van der Waals surface area (Å²) in [5.74, 6) is 0.600. The van der Waals surface area contributed by atoms with Crippen molar-refractivity contribution in [3.05, 3.63) is 41.7 Å². The number of halogens is 1. The predicted octanol–water partition coefficient (Wildman–Crippen LogP) is 2.81. The van der Waals surface area contributed by atoms with Crippen LogP contribution >= 0.6 is 11.6 Å². The number of hydrogen-bond acceptors (Lipinski definition) is 6. The average molecular weight is 454 g/mol. The maximum atomic E-state index is 12.6. The van der Waals surface area contributed by atoms with E-state index >= 15 is 0 Å². The summed E-state index contributed by atoms with van der Waals surface area (Å²) < 4.78 is 0. The summed E-state index contributed by atoms with van der Waals surface area (Å²) >= 11 is 6.45. The van der Waals surface area contributed by atoms with Gasteiger partial charge in [-0.05, 0) is 38.2 Å². The Hall–Kier alpha value is -2.68. The first-order chi connectivity index (χ1) is 15.6. The van der Waals surface area contributed by atoms with Crippen molar-refractivity contribution < 1.29 is 4.79 Å².